The number of carbonyl (C=O) groups excluding carboxylic acids is 2. The topological polar surface area (TPSA) is 61.4 Å². The normalized spacial score (nSPS) is 13.6. The molecule has 0 saturated carbocycles. The van der Waals surface area contributed by atoms with E-state index in [9.17, 15) is 35.9 Å². The summed E-state index contributed by atoms with van der Waals surface area (Å²) in [4.78, 5) is 26.5. The average Bonchev–Trinajstić information content (AvgIpc) is 3.03. The van der Waals surface area contributed by atoms with Crippen molar-refractivity contribution < 1.29 is 35.9 Å². The van der Waals surface area contributed by atoms with Crippen molar-refractivity contribution in [1.82, 2.24) is 0 Å². The van der Waals surface area contributed by atoms with Crippen LogP contribution in [0.4, 0.5) is 43.4 Å². The zero-order valence-corrected chi connectivity index (χ0v) is 18.1. The van der Waals surface area contributed by atoms with Gasteiger partial charge in [0, 0.05) is 5.69 Å². The molecule has 0 spiro atoms. The van der Waals surface area contributed by atoms with Crippen molar-refractivity contribution in [1.29, 1.82) is 0 Å². The number of nitrogens with one attached hydrogen (secondary N) is 2. The molecule has 4 rings (SSSR count). The van der Waals surface area contributed by atoms with Crippen molar-refractivity contribution in [2.45, 2.75) is 12.4 Å². The molecule has 0 saturated heterocycles. The second kappa shape index (κ2) is 8.69. The Labute approximate surface area is 199 Å². The lowest BCUT2D eigenvalue weighted by Gasteiger charge is -2.20. The van der Waals surface area contributed by atoms with Crippen LogP contribution in [0.25, 0.3) is 0 Å². The third kappa shape index (κ3) is 4.83. The third-order valence-corrected chi connectivity index (χ3v) is 5.24. The molecule has 0 aromatic heterocycles. The van der Waals surface area contributed by atoms with Gasteiger partial charge in [-0.1, -0.05) is 24.3 Å². The van der Waals surface area contributed by atoms with Crippen molar-refractivity contribution in [3.8, 4) is 0 Å². The Kier molecular flexibility index (Phi) is 6.01. The highest BCUT2D eigenvalue weighted by Crippen LogP contribution is 2.38. The molecule has 35 heavy (non-hydrogen) atoms. The number of alkyl halides is 6. The molecule has 2 N–H and O–H groups in total. The molecule has 3 aromatic rings. The molecular weight excluding hydrogens is 496 g/mol. The molecule has 1 aliphatic heterocycles. The highest BCUT2D eigenvalue weighted by molar-refractivity contribution is 7.80. The number of fused-ring (bicyclic) bond motifs is 1. The Morgan fingerprint density at radius 1 is 0.714 bits per heavy atom. The summed E-state index contributed by atoms with van der Waals surface area (Å²) in [6, 6.07) is 13.1. The summed E-state index contributed by atoms with van der Waals surface area (Å²) in [7, 11) is 0. The predicted molar refractivity (Wildman–Crippen MR) is 120 cm³/mol. The predicted octanol–water partition coefficient (Wildman–Crippen LogP) is 6.33. The van der Waals surface area contributed by atoms with Gasteiger partial charge in [0.2, 0.25) is 0 Å². The molecule has 2 amide bonds. The standard InChI is InChI=1S/C23H13F6N3O2S/c24-22(25,26)12-9-13(23(27,28)29)11-14(10-12)30-21(35)31-17-7-3-4-8-18(17)32-19(33)15-5-1-2-6-16(15)20(32)34/h1-11H,(H2,30,31,35). The Morgan fingerprint density at radius 3 is 1.71 bits per heavy atom. The van der Waals surface area contributed by atoms with Crippen LogP contribution in [0.1, 0.15) is 31.8 Å². The van der Waals surface area contributed by atoms with Gasteiger partial charge in [-0.2, -0.15) is 26.3 Å². The Hall–Kier alpha value is -3.93. The zero-order valence-electron chi connectivity index (χ0n) is 17.3. The van der Waals surface area contributed by atoms with Gasteiger partial charge in [0.25, 0.3) is 11.8 Å². The Morgan fingerprint density at radius 2 is 1.20 bits per heavy atom. The third-order valence-electron chi connectivity index (χ3n) is 5.03. The second-order valence-corrected chi connectivity index (χ2v) is 7.79. The molecule has 0 bridgehead atoms. The van der Waals surface area contributed by atoms with Crippen LogP contribution in [0.3, 0.4) is 0 Å². The molecule has 12 heteroatoms. The van der Waals surface area contributed by atoms with Gasteiger partial charge in [-0.15, -0.1) is 0 Å². The maximum Gasteiger partial charge on any atom is 0.416 e. The van der Waals surface area contributed by atoms with Crippen LogP contribution >= 0.6 is 12.2 Å². The highest BCUT2D eigenvalue weighted by Gasteiger charge is 2.38. The molecule has 180 valence electrons. The number of imide groups is 1. The molecule has 0 aliphatic carbocycles. The van der Waals surface area contributed by atoms with Crippen molar-refractivity contribution >= 4 is 46.2 Å². The number of benzene rings is 3. The number of hydrogen-bond donors (Lipinski definition) is 2. The lowest BCUT2D eigenvalue weighted by Crippen LogP contribution is -2.31. The smallest absolute Gasteiger partial charge is 0.332 e. The first-order chi connectivity index (χ1) is 16.4. The summed E-state index contributed by atoms with van der Waals surface area (Å²) in [5, 5.41) is 4.58. The average molecular weight is 509 g/mol. The van der Waals surface area contributed by atoms with Gasteiger partial charge in [-0.05, 0) is 54.7 Å². The summed E-state index contributed by atoms with van der Waals surface area (Å²) in [6.07, 6.45) is -10.0. The summed E-state index contributed by atoms with van der Waals surface area (Å²) in [6.45, 7) is 0. The summed E-state index contributed by atoms with van der Waals surface area (Å²) < 4.78 is 78.7. The van der Waals surface area contributed by atoms with Gasteiger partial charge in [0.15, 0.2) is 5.11 Å². The maximum absolute atomic E-state index is 13.1. The molecule has 3 aromatic carbocycles. The monoisotopic (exact) mass is 509 g/mol. The number of halogens is 6. The molecule has 1 heterocycles. The zero-order chi connectivity index (χ0) is 25.5. The maximum atomic E-state index is 13.1. The number of hydrogen-bond acceptors (Lipinski definition) is 3. The molecule has 0 unspecified atom stereocenters. The van der Waals surface area contributed by atoms with Crippen LogP contribution in [-0.4, -0.2) is 16.9 Å². The van der Waals surface area contributed by atoms with Crippen LogP contribution in [0.5, 0.6) is 0 Å². The molecular formula is C23H13F6N3O2S. The van der Waals surface area contributed by atoms with Crippen LogP contribution < -0.4 is 15.5 Å². The molecule has 1 aliphatic rings. The summed E-state index contributed by atoms with van der Waals surface area (Å²) in [5.74, 6) is -1.18. The van der Waals surface area contributed by atoms with Crippen LogP contribution in [0.2, 0.25) is 0 Å². The van der Waals surface area contributed by atoms with E-state index in [-0.39, 0.29) is 33.7 Å². The Bertz CT molecular complexity index is 1290. The van der Waals surface area contributed by atoms with Gasteiger partial charge in [-0.3, -0.25) is 9.59 Å². The van der Waals surface area contributed by atoms with E-state index in [4.69, 9.17) is 12.2 Å². The number of nitrogens with zero attached hydrogens (tertiary/aromatic N) is 1. The minimum absolute atomic E-state index is 0.000773. The van der Waals surface area contributed by atoms with E-state index in [0.717, 1.165) is 4.90 Å². The van der Waals surface area contributed by atoms with E-state index in [1.165, 1.54) is 24.3 Å². The number of amides is 2. The van der Waals surface area contributed by atoms with Crippen molar-refractivity contribution in [3.05, 3.63) is 89.0 Å². The fraction of sp³-hybridized carbons (Fsp3) is 0.0870. The fourth-order valence-corrected chi connectivity index (χ4v) is 3.72. The molecule has 0 radical (unpaired) electrons. The van der Waals surface area contributed by atoms with Crippen LogP contribution in [-0.2, 0) is 12.4 Å². The van der Waals surface area contributed by atoms with E-state index < -0.39 is 41.0 Å². The number of carbonyl (C=O) groups is 2. The van der Waals surface area contributed by atoms with Crippen LogP contribution in [0.15, 0.2) is 66.7 Å². The van der Waals surface area contributed by atoms with Crippen molar-refractivity contribution in [2.75, 3.05) is 15.5 Å². The largest absolute Gasteiger partial charge is 0.416 e. The lowest BCUT2D eigenvalue weighted by atomic mass is 10.1. The van der Waals surface area contributed by atoms with Crippen molar-refractivity contribution in [3.63, 3.8) is 0 Å². The summed E-state index contributed by atoms with van der Waals surface area (Å²) >= 11 is 5.08. The van der Waals surface area contributed by atoms with Gasteiger partial charge >= 0.3 is 12.4 Å². The van der Waals surface area contributed by atoms with Gasteiger partial charge < -0.3 is 10.6 Å². The molecule has 0 atom stereocenters. The van der Waals surface area contributed by atoms with E-state index >= 15 is 0 Å². The first kappa shape index (κ1) is 24.2. The van der Waals surface area contributed by atoms with E-state index in [1.54, 1.807) is 24.3 Å². The first-order valence-corrected chi connectivity index (χ1v) is 10.2. The second-order valence-electron chi connectivity index (χ2n) is 7.38. The van der Waals surface area contributed by atoms with E-state index in [2.05, 4.69) is 10.6 Å². The molecule has 0 fully saturated rings. The van der Waals surface area contributed by atoms with Gasteiger partial charge in [0.1, 0.15) is 0 Å². The van der Waals surface area contributed by atoms with Gasteiger partial charge in [0.05, 0.1) is 33.6 Å². The number of para-hydroxylation sites is 2. The number of rotatable bonds is 3. The lowest BCUT2D eigenvalue weighted by molar-refractivity contribution is -0.143. The fourth-order valence-electron chi connectivity index (χ4n) is 3.49. The minimum atomic E-state index is -5.02. The van der Waals surface area contributed by atoms with Crippen LogP contribution in [0, 0.1) is 0 Å². The van der Waals surface area contributed by atoms with E-state index in [1.807, 2.05) is 0 Å². The number of anilines is 3. The number of thiocarbonyl (C=S) groups is 1. The SMILES string of the molecule is O=C1c2ccccc2C(=O)N1c1ccccc1NC(=S)Nc1cc(C(F)(F)F)cc(C(F)(F)F)c1. The van der Waals surface area contributed by atoms with E-state index in [0.29, 0.717) is 12.1 Å². The summed E-state index contributed by atoms with van der Waals surface area (Å²) in [5.41, 5.74) is -2.96. The first-order valence-electron chi connectivity index (χ1n) is 9.80. The van der Waals surface area contributed by atoms with Gasteiger partial charge in [-0.25, -0.2) is 4.90 Å². The quantitative estimate of drug-likeness (QED) is 0.245. The minimum Gasteiger partial charge on any atom is -0.332 e. The highest BCUT2D eigenvalue weighted by atomic mass is 32.1. The van der Waals surface area contributed by atoms with Crippen molar-refractivity contribution in [2.24, 2.45) is 0 Å². The molecule has 5 nitrogen and oxygen atoms in total. The Balaban J connectivity index is 1.62.